The topological polar surface area (TPSA) is 61.6 Å². The summed E-state index contributed by atoms with van der Waals surface area (Å²) >= 11 is 2.61. The highest BCUT2D eigenvalue weighted by Crippen LogP contribution is 2.31. The Morgan fingerprint density at radius 3 is 3.00 bits per heavy atom. The third-order valence-corrected chi connectivity index (χ3v) is 3.31. The van der Waals surface area contributed by atoms with Crippen molar-refractivity contribution >= 4 is 28.9 Å². The summed E-state index contributed by atoms with van der Waals surface area (Å²) in [4.78, 5) is 1.68. The van der Waals surface area contributed by atoms with Crippen molar-refractivity contribution in [3.05, 3.63) is 17.0 Å². The number of nitrogens with one attached hydrogen (secondary N) is 1. The minimum atomic E-state index is 0.695. The number of nitriles is 1. The zero-order chi connectivity index (χ0) is 10.7. The van der Waals surface area contributed by atoms with Crippen molar-refractivity contribution < 1.29 is 0 Å². The van der Waals surface area contributed by atoms with Crippen molar-refractivity contribution in [3.63, 3.8) is 0 Å². The maximum atomic E-state index is 8.73. The van der Waals surface area contributed by atoms with Gasteiger partial charge in [0, 0.05) is 6.54 Å². The van der Waals surface area contributed by atoms with Crippen LogP contribution in [-0.4, -0.2) is 15.3 Å². The Kier molecular flexibility index (Phi) is 2.94. The van der Waals surface area contributed by atoms with Crippen LogP contribution in [0.4, 0.5) is 5.82 Å². The zero-order valence-electron chi connectivity index (χ0n) is 8.02. The number of anilines is 1. The van der Waals surface area contributed by atoms with E-state index in [2.05, 4.69) is 20.1 Å². The predicted octanol–water partition coefficient (Wildman–Crippen LogP) is 2.57. The van der Waals surface area contributed by atoms with Crippen LogP contribution in [0.25, 0.3) is 10.6 Å². The van der Waals surface area contributed by atoms with Gasteiger partial charge in [-0.2, -0.15) is 14.0 Å². The van der Waals surface area contributed by atoms with Crippen molar-refractivity contribution in [1.29, 1.82) is 5.26 Å². The molecule has 0 amide bonds. The van der Waals surface area contributed by atoms with Gasteiger partial charge in [-0.15, -0.1) is 11.3 Å². The van der Waals surface area contributed by atoms with Crippen molar-refractivity contribution in [3.8, 4) is 16.6 Å². The standard InChI is InChI=1S/C9H8N4S2/c1-2-11-9-8(12-15-13-9)7-4-3-6(5-10)14-7/h3-4H,2H2,1H3,(H,11,13). The maximum Gasteiger partial charge on any atom is 0.168 e. The largest absolute Gasteiger partial charge is 0.368 e. The first kappa shape index (κ1) is 10.1. The number of aromatic nitrogens is 2. The molecule has 6 heteroatoms. The van der Waals surface area contributed by atoms with Gasteiger partial charge in [0.1, 0.15) is 16.6 Å². The van der Waals surface area contributed by atoms with Gasteiger partial charge in [-0.1, -0.05) is 0 Å². The van der Waals surface area contributed by atoms with Crippen LogP contribution in [0, 0.1) is 11.3 Å². The monoisotopic (exact) mass is 236 g/mol. The number of nitrogens with zero attached hydrogens (tertiary/aromatic N) is 3. The average molecular weight is 236 g/mol. The number of thiophene rings is 1. The molecule has 2 heterocycles. The summed E-state index contributed by atoms with van der Waals surface area (Å²) in [6.07, 6.45) is 0. The van der Waals surface area contributed by atoms with Gasteiger partial charge in [0.2, 0.25) is 0 Å². The Bertz CT molecular complexity index is 494. The summed E-state index contributed by atoms with van der Waals surface area (Å²) in [5.41, 5.74) is 0.841. The van der Waals surface area contributed by atoms with Gasteiger partial charge in [-0.3, -0.25) is 0 Å². The molecule has 0 aliphatic heterocycles. The fourth-order valence-electron chi connectivity index (χ4n) is 1.16. The Balaban J connectivity index is 2.36. The second kappa shape index (κ2) is 4.38. The van der Waals surface area contributed by atoms with Gasteiger partial charge in [-0.05, 0) is 19.1 Å². The molecule has 0 fully saturated rings. The molecule has 1 N–H and O–H groups in total. The first-order valence-corrected chi connectivity index (χ1v) is 5.96. The molecule has 4 nitrogen and oxygen atoms in total. The molecule has 2 rings (SSSR count). The van der Waals surface area contributed by atoms with Crippen molar-refractivity contribution in [2.75, 3.05) is 11.9 Å². The highest BCUT2D eigenvalue weighted by Gasteiger charge is 2.11. The lowest BCUT2D eigenvalue weighted by atomic mass is 10.3. The summed E-state index contributed by atoms with van der Waals surface area (Å²) < 4.78 is 8.38. The van der Waals surface area contributed by atoms with E-state index < -0.39 is 0 Å². The number of rotatable bonds is 3. The zero-order valence-corrected chi connectivity index (χ0v) is 9.65. The molecule has 0 aliphatic carbocycles. The quantitative estimate of drug-likeness (QED) is 0.889. The first-order valence-electron chi connectivity index (χ1n) is 4.42. The van der Waals surface area contributed by atoms with Crippen LogP contribution in [0.5, 0.6) is 0 Å². The molecule has 2 aromatic rings. The van der Waals surface area contributed by atoms with Crippen LogP contribution in [-0.2, 0) is 0 Å². The number of hydrogen-bond acceptors (Lipinski definition) is 6. The molecule has 15 heavy (non-hydrogen) atoms. The Morgan fingerprint density at radius 2 is 2.33 bits per heavy atom. The van der Waals surface area contributed by atoms with E-state index >= 15 is 0 Å². The van der Waals surface area contributed by atoms with Crippen LogP contribution in [0.15, 0.2) is 12.1 Å². The molecule has 2 aromatic heterocycles. The van der Waals surface area contributed by atoms with E-state index in [1.54, 1.807) is 6.07 Å². The molecule has 0 aliphatic rings. The molecule has 0 atom stereocenters. The SMILES string of the molecule is CCNc1nsnc1-c1ccc(C#N)s1. The van der Waals surface area contributed by atoms with Crippen molar-refractivity contribution in [2.24, 2.45) is 0 Å². The van der Waals surface area contributed by atoms with Gasteiger partial charge in [0.15, 0.2) is 5.82 Å². The summed E-state index contributed by atoms with van der Waals surface area (Å²) in [7, 11) is 0. The summed E-state index contributed by atoms with van der Waals surface area (Å²) in [6.45, 7) is 2.83. The average Bonchev–Trinajstić information content (AvgIpc) is 2.85. The molecule has 76 valence electrons. The fourth-order valence-corrected chi connectivity index (χ4v) is 2.55. The summed E-state index contributed by atoms with van der Waals surface area (Å²) in [5, 5.41) is 11.9. The van der Waals surface area contributed by atoms with Gasteiger partial charge >= 0.3 is 0 Å². The molecular weight excluding hydrogens is 228 g/mol. The van der Waals surface area contributed by atoms with Crippen LogP contribution in [0.2, 0.25) is 0 Å². The van der Waals surface area contributed by atoms with E-state index in [-0.39, 0.29) is 0 Å². The lowest BCUT2D eigenvalue weighted by Gasteiger charge is -1.98. The summed E-state index contributed by atoms with van der Waals surface area (Å²) in [6, 6.07) is 5.82. The molecule has 0 radical (unpaired) electrons. The predicted molar refractivity (Wildman–Crippen MR) is 62.1 cm³/mol. The van der Waals surface area contributed by atoms with Gasteiger partial charge in [-0.25, -0.2) is 0 Å². The normalized spacial score (nSPS) is 9.87. The van der Waals surface area contributed by atoms with Crippen molar-refractivity contribution in [1.82, 2.24) is 8.75 Å². The first-order chi connectivity index (χ1) is 7.35. The molecule has 0 saturated carbocycles. The lowest BCUT2D eigenvalue weighted by Crippen LogP contribution is -1.97. The Labute approximate surface area is 95.5 Å². The molecule has 0 spiro atoms. The summed E-state index contributed by atoms with van der Waals surface area (Å²) in [5.74, 6) is 0.800. The van der Waals surface area contributed by atoms with Crippen LogP contribution >= 0.6 is 23.1 Å². The van der Waals surface area contributed by atoms with E-state index in [9.17, 15) is 0 Å². The second-order valence-corrected chi connectivity index (χ2v) is 4.38. The molecule has 0 bridgehead atoms. The second-order valence-electron chi connectivity index (χ2n) is 2.77. The molecular formula is C9H8N4S2. The van der Waals surface area contributed by atoms with Crippen LogP contribution < -0.4 is 5.32 Å². The van der Waals surface area contributed by atoms with Crippen molar-refractivity contribution in [2.45, 2.75) is 6.92 Å². The molecule has 0 aromatic carbocycles. The van der Waals surface area contributed by atoms with Crippen LogP contribution in [0.3, 0.4) is 0 Å². The van der Waals surface area contributed by atoms with E-state index in [0.717, 1.165) is 22.9 Å². The molecule has 0 unspecified atom stereocenters. The minimum absolute atomic E-state index is 0.695. The van der Waals surface area contributed by atoms with E-state index in [0.29, 0.717) is 4.88 Å². The van der Waals surface area contributed by atoms with E-state index in [1.165, 1.54) is 23.1 Å². The fraction of sp³-hybridized carbons (Fsp3) is 0.222. The number of hydrogen-bond donors (Lipinski definition) is 1. The lowest BCUT2D eigenvalue weighted by molar-refractivity contribution is 1.19. The van der Waals surface area contributed by atoms with E-state index in [4.69, 9.17) is 5.26 Å². The van der Waals surface area contributed by atoms with Crippen LogP contribution in [0.1, 0.15) is 11.8 Å². The van der Waals surface area contributed by atoms with Gasteiger partial charge in [0.25, 0.3) is 0 Å². The highest BCUT2D eigenvalue weighted by molar-refractivity contribution is 7.16. The Hall–Kier alpha value is -1.45. The van der Waals surface area contributed by atoms with Gasteiger partial charge in [0.05, 0.1) is 16.6 Å². The smallest absolute Gasteiger partial charge is 0.168 e. The minimum Gasteiger partial charge on any atom is -0.368 e. The highest BCUT2D eigenvalue weighted by atomic mass is 32.1. The third-order valence-electron chi connectivity index (χ3n) is 1.78. The van der Waals surface area contributed by atoms with Gasteiger partial charge < -0.3 is 5.32 Å². The van der Waals surface area contributed by atoms with E-state index in [1.807, 2.05) is 13.0 Å². The third kappa shape index (κ3) is 1.98. The molecule has 0 saturated heterocycles. The maximum absolute atomic E-state index is 8.73. The Morgan fingerprint density at radius 1 is 1.47 bits per heavy atom.